The highest BCUT2D eigenvalue weighted by Crippen LogP contribution is 2.33. The van der Waals surface area contributed by atoms with E-state index in [-0.39, 0.29) is 11.6 Å². The van der Waals surface area contributed by atoms with E-state index in [0.29, 0.717) is 27.9 Å². The summed E-state index contributed by atoms with van der Waals surface area (Å²) in [5, 5.41) is 32.9. The number of hydrogen-bond donors (Lipinski definition) is 3. The molecule has 8 heteroatoms. The third kappa shape index (κ3) is 5.00. The van der Waals surface area contributed by atoms with E-state index in [0.717, 1.165) is 43.6 Å². The molecule has 0 atom stereocenters. The number of aliphatic imine (C=N–C) groups is 1. The molecule has 0 bridgehead atoms. The summed E-state index contributed by atoms with van der Waals surface area (Å²) in [6.07, 6.45) is 1.53. The van der Waals surface area contributed by atoms with Gasteiger partial charge in [0.05, 0.1) is 27.5 Å². The second-order valence-corrected chi connectivity index (χ2v) is 9.60. The Hall–Kier alpha value is -4.01. The molecule has 5 rings (SSSR count). The molecule has 1 aromatic heterocycles. The number of nitrogens with one attached hydrogen (secondary N) is 1. The van der Waals surface area contributed by atoms with Gasteiger partial charge in [0.2, 0.25) is 0 Å². The molecule has 1 aliphatic heterocycles. The summed E-state index contributed by atoms with van der Waals surface area (Å²) in [5.74, 6) is -0.0919. The third-order valence-electron chi connectivity index (χ3n) is 6.77. The van der Waals surface area contributed by atoms with Gasteiger partial charge in [-0.15, -0.1) is 0 Å². The van der Waals surface area contributed by atoms with Crippen molar-refractivity contribution in [1.82, 2.24) is 9.88 Å². The molecule has 2 heterocycles. The number of aromatic amines is 1. The molecule has 3 aromatic carbocycles. The van der Waals surface area contributed by atoms with E-state index in [1.54, 1.807) is 6.07 Å². The number of aromatic hydroxyl groups is 1. The van der Waals surface area contributed by atoms with Crippen molar-refractivity contribution in [3.63, 3.8) is 0 Å². The zero-order chi connectivity index (χ0) is 25.3. The molecule has 4 aromatic rings. The molecule has 3 N–H and O–H groups in total. The first kappa shape index (κ1) is 23.7. The molecule has 1 saturated heterocycles. The molecular formula is C28H28N4O4. The van der Waals surface area contributed by atoms with E-state index in [1.807, 2.05) is 61.5 Å². The first-order chi connectivity index (χ1) is 17.3. The highest BCUT2D eigenvalue weighted by Gasteiger charge is 2.27. The number of nitrogens with zero attached hydrogens (tertiary/aromatic N) is 3. The van der Waals surface area contributed by atoms with Gasteiger partial charge >= 0.3 is 0 Å². The Kier molecular flexibility index (Phi) is 6.30. The summed E-state index contributed by atoms with van der Waals surface area (Å²) in [6, 6.07) is 21.9. The number of nitro groups is 1. The topological polar surface area (TPSA) is 115 Å². The number of likely N-dealkylation sites (tertiary alicyclic amines) is 1. The van der Waals surface area contributed by atoms with Gasteiger partial charge in [0.1, 0.15) is 0 Å². The number of piperidine rings is 1. The van der Waals surface area contributed by atoms with Crippen LogP contribution in [0.5, 0.6) is 5.88 Å². The number of rotatable bonds is 6. The number of H-pyrrole nitrogens is 1. The molecular weight excluding hydrogens is 456 g/mol. The van der Waals surface area contributed by atoms with Gasteiger partial charge in [-0.3, -0.25) is 15.0 Å². The van der Waals surface area contributed by atoms with Crippen LogP contribution in [0.4, 0.5) is 11.4 Å². The van der Waals surface area contributed by atoms with Crippen LogP contribution in [0.15, 0.2) is 77.8 Å². The van der Waals surface area contributed by atoms with Crippen molar-refractivity contribution in [3.8, 4) is 5.88 Å². The third-order valence-corrected chi connectivity index (χ3v) is 6.77. The lowest BCUT2D eigenvalue weighted by Crippen LogP contribution is -2.41. The fraction of sp³-hybridized carbons (Fsp3) is 0.250. The quantitative estimate of drug-likeness (QED) is 0.195. The van der Waals surface area contributed by atoms with Gasteiger partial charge in [-0.05, 0) is 43.5 Å². The summed E-state index contributed by atoms with van der Waals surface area (Å²) in [6.45, 7) is 4.41. The number of nitro benzene ring substituents is 1. The minimum atomic E-state index is -0.572. The number of hydrogen-bond acceptors (Lipinski definition) is 6. The number of benzene rings is 3. The molecule has 0 amide bonds. The van der Waals surface area contributed by atoms with E-state index in [4.69, 9.17) is 4.99 Å². The van der Waals surface area contributed by atoms with Crippen LogP contribution in [0.1, 0.15) is 36.5 Å². The molecule has 8 nitrogen and oxygen atoms in total. The van der Waals surface area contributed by atoms with Gasteiger partial charge < -0.3 is 15.2 Å². The Labute approximate surface area is 208 Å². The van der Waals surface area contributed by atoms with E-state index in [9.17, 15) is 20.3 Å². The van der Waals surface area contributed by atoms with Gasteiger partial charge in [0.15, 0.2) is 5.88 Å². The minimum absolute atomic E-state index is 0.0567. The standard InChI is InChI=1S/C28H28N4O4/c1-28(34)13-15-31(16-14-28)18-19-7-9-21(10-8-19)29-26(20-5-3-2-4-6-20)25-23-17-22(32(35)36)11-12-24(23)30-27(25)33/h2-12,17,30,33-34H,13-16,18H2,1H3. The monoisotopic (exact) mass is 484 g/mol. The van der Waals surface area contributed by atoms with Crippen molar-refractivity contribution in [2.24, 2.45) is 4.99 Å². The summed E-state index contributed by atoms with van der Waals surface area (Å²) < 4.78 is 0. The molecule has 184 valence electrons. The molecule has 1 fully saturated rings. The van der Waals surface area contributed by atoms with Crippen LogP contribution >= 0.6 is 0 Å². The first-order valence-corrected chi connectivity index (χ1v) is 12.0. The predicted molar refractivity (Wildman–Crippen MR) is 140 cm³/mol. The molecule has 0 aliphatic carbocycles. The average Bonchev–Trinajstić information content (AvgIpc) is 3.20. The Morgan fingerprint density at radius 1 is 1.08 bits per heavy atom. The van der Waals surface area contributed by atoms with Crippen molar-refractivity contribution in [3.05, 3.63) is 99.6 Å². The molecule has 0 spiro atoms. The Bertz CT molecular complexity index is 1420. The molecule has 0 radical (unpaired) electrons. The molecule has 0 saturated carbocycles. The van der Waals surface area contributed by atoms with Crippen LogP contribution in [0.3, 0.4) is 0 Å². The fourth-order valence-corrected chi connectivity index (χ4v) is 4.64. The maximum atomic E-state index is 11.4. The highest BCUT2D eigenvalue weighted by atomic mass is 16.6. The smallest absolute Gasteiger partial charge is 0.270 e. The largest absolute Gasteiger partial charge is 0.494 e. The molecule has 0 unspecified atom stereocenters. The van der Waals surface area contributed by atoms with Crippen molar-refractivity contribution >= 4 is 28.0 Å². The average molecular weight is 485 g/mol. The van der Waals surface area contributed by atoms with E-state index in [1.165, 1.54) is 12.1 Å². The molecule has 36 heavy (non-hydrogen) atoms. The van der Waals surface area contributed by atoms with E-state index < -0.39 is 10.5 Å². The number of aliphatic hydroxyl groups is 1. The Morgan fingerprint density at radius 2 is 1.78 bits per heavy atom. The Balaban J connectivity index is 1.50. The maximum Gasteiger partial charge on any atom is 0.270 e. The second kappa shape index (κ2) is 9.56. The lowest BCUT2D eigenvalue weighted by molar-refractivity contribution is -0.384. The SMILES string of the molecule is CC1(O)CCN(Cc2ccc(N=C(c3ccccc3)c3c(O)[nH]c4ccc([N+](=O)[O-])cc34)cc2)CC1. The minimum Gasteiger partial charge on any atom is -0.494 e. The van der Waals surface area contributed by atoms with Crippen LogP contribution < -0.4 is 0 Å². The van der Waals surface area contributed by atoms with E-state index in [2.05, 4.69) is 9.88 Å². The van der Waals surface area contributed by atoms with Crippen LogP contribution in [-0.2, 0) is 6.54 Å². The molecule has 1 aliphatic rings. The highest BCUT2D eigenvalue weighted by molar-refractivity contribution is 6.22. The van der Waals surface area contributed by atoms with Gasteiger partial charge in [-0.1, -0.05) is 42.5 Å². The van der Waals surface area contributed by atoms with Crippen LogP contribution in [0, 0.1) is 10.1 Å². The maximum absolute atomic E-state index is 11.4. The van der Waals surface area contributed by atoms with Crippen molar-refractivity contribution < 1.29 is 15.1 Å². The number of aromatic nitrogens is 1. The second-order valence-electron chi connectivity index (χ2n) is 9.60. The fourth-order valence-electron chi connectivity index (χ4n) is 4.64. The van der Waals surface area contributed by atoms with Gasteiger partial charge in [0, 0.05) is 48.2 Å². The van der Waals surface area contributed by atoms with Crippen molar-refractivity contribution in [2.75, 3.05) is 13.1 Å². The summed E-state index contributed by atoms with van der Waals surface area (Å²) >= 11 is 0. The lowest BCUT2D eigenvalue weighted by atomic mass is 9.93. The summed E-state index contributed by atoms with van der Waals surface area (Å²) in [5.41, 5.74) is 3.55. The zero-order valence-electron chi connectivity index (χ0n) is 20.0. The number of non-ortho nitro benzene ring substituents is 1. The predicted octanol–water partition coefficient (Wildman–Crippen LogP) is 5.30. The number of fused-ring (bicyclic) bond motifs is 1. The first-order valence-electron chi connectivity index (χ1n) is 12.0. The van der Waals surface area contributed by atoms with Crippen molar-refractivity contribution in [1.29, 1.82) is 0 Å². The van der Waals surface area contributed by atoms with Crippen LogP contribution in [-0.4, -0.2) is 49.4 Å². The van der Waals surface area contributed by atoms with E-state index >= 15 is 0 Å². The Morgan fingerprint density at radius 3 is 2.44 bits per heavy atom. The summed E-state index contributed by atoms with van der Waals surface area (Å²) in [4.78, 5) is 21.1. The van der Waals surface area contributed by atoms with Gasteiger partial charge in [-0.25, -0.2) is 4.99 Å². The van der Waals surface area contributed by atoms with Crippen LogP contribution in [0.2, 0.25) is 0 Å². The zero-order valence-corrected chi connectivity index (χ0v) is 20.0. The normalized spacial score (nSPS) is 16.3. The van der Waals surface area contributed by atoms with Crippen LogP contribution in [0.25, 0.3) is 10.9 Å². The van der Waals surface area contributed by atoms with Gasteiger partial charge in [-0.2, -0.15) is 0 Å². The summed E-state index contributed by atoms with van der Waals surface area (Å²) in [7, 11) is 0. The lowest BCUT2D eigenvalue weighted by Gasteiger charge is -2.35. The van der Waals surface area contributed by atoms with Crippen molar-refractivity contribution in [2.45, 2.75) is 31.9 Å². The van der Waals surface area contributed by atoms with Gasteiger partial charge in [0.25, 0.3) is 5.69 Å².